The third kappa shape index (κ3) is 1.61. The first kappa shape index (κ1) is 11.5. The molecule has 0 saturated heterocycles. The smallest absolute Gasteiger partial charge is 0.333 e. The van der Waals surface area contributed by atoms with Crippen molar-refractivity contribution in [1.29, 1.82) is 0 Å². The molecule has 0 N–H and O–H groups in total. The Bertz CT molecular complexity index is 872. The van der Waals surface area contributed by atoms with E-state index in [2.05, 4.69) is 4.98 Å². The van der Waals surface area contributed by atoms with E-state index in [0.29, 0.717) is 5.89 Å². The second-order valence-electron chi connectivity index (χ2n) is 4.24. The summed E-state index contributed by atoms with van der Waals surface area (Å²) in [6.45, 7) is 0. The molecule has 0 aliphatic rings. The Labute approximate surface area is 107 Å². The molecule has 0 amide bonds. The molecule has 0 atom stereocenters. The van der Waals surface area contributed by atoms with Crippen LogP contribution in [0, 0.1) is 0 Å². The van der Waals surface area contributed by atoms with Gasteiger partial charge >= 0.3 is 5.69 Å². The Morgan fingerprint density at radius 3 is 2.42 bits per heavy atom. The van der Waals surface area contributed by atoms with Crippen LogP contribution in [0.1, 0.15) is 0 Å². The van der Waals surface area contributed by atoms with Crippen LogP contribution in [0.15, 0.2) is 44.3 Å². The number of hydrogen-bond acceptors (Lipinski definition) is 4. The minimum Gasteiger partial charge on any atom is -0.419 e. The van der Waals surface area contributed by atoms with Crippen LogP contribution in [0.25, 0.3) is 22.7 Å². The van der Waals surface area contributed by atoms with E-state index in [4.69, 9.17) is 4.42 Å². The molecule has 0 spiro atoms. The molecule has 3 rings (SSSR count). The lowest BCUT2D eigenvalue weighted by molar-refractivity contribution is 0.569. The van der Waals surface area contributed by atoms with Gasteiger partial charge in [0.15, 0.2) is 5.52 Å². The predicted octanol–water partition coefficient (Wildman–Crippen LogP) is 0.892. The van der Waals surface area contributed by atoms with E-state index in [0.717, 1.165) is 10.1 Å². The Hall–Kier alpha value is -2.63. The van der Waals surface area contributed by atoms with E-state index >= 15 is 0 Å². The summed E-state index contributed by atoms with van der Waals surface area (Å²) in [6.07, 6.45) is 0. The van der Waals surface area contributed by atoms with Crippen LogP contribution in [-0.2, 0) is 14.1 Å². The first-order valence-electron chi connectivity index (χ1n) is 5.71. The Morgan fingerprint density at radius 2 is 1.74 bits per heavy atom. The van der Waals surface area contributed by atoms with Crippen molar-refractivity contribution < 1.29 is 4.42 Å². The van der Waals surface area contributed by atoms with E-state index < -0.39 is 11.2 Å². The molecule has 2 aromatic heterocycles. The summed E-state index contributed by atoms with van der Waals surface area (Å²) in [4.78, 5) is 27.9. The summed E-state index contributed by atoms with van der Waals surface area (Å²) in [7, 11) is 2.96. The number of hydrogen-bond donors (Lipinski definition) is 0. The van der Waals surface area contributed by atoms with E-state index in [1.165, 1.54) is 11.6 Å². The highest BCUT2D eigenvalue weighted by Gasteiger charge is 2.16. The normalized spacial score (nSPS) is 11.1. The standard InChI is InChI=1S/C13H11N3O3/c1-15-11(17)9-12(16(2)13(15)18)19-10(14-9)8-6-4-3-5-7-8/h3-7H,1-2H3. The van der Waals surface area contributed by atoms with Crippen molar-refractivity contribution in [2.45, 2.75) is 0 Å². The topological polar surface area (TPSA) is 70.0 Å². The van der Waals surface area contributed by atoms with Crippen molar-refractivity contribution in [3.8, 4) is 11.5 Å². The van der Waals surface area contributed by atoms with Gasteiger partial charge in [0, 0.05) is 19.7 Å². The van der Waals surface area contributed by atoms with Crippen LogP contribution in [0.3, 0.4) is 0 Å². The molecule has 96 valence electrons. The van der Waals surface area contributed by atoms with Gasteiger partial charge < -0.3 is 4.42 Å². The molecule has 0 unspecified atom stereocenters. The van der Waals surface area contributed by atoms with E-state index in [9.17, 15) is 9.59 Å². The Balaban J connectivity index is 2.40. The molecule has 1 aromatic carbocycles. The molecule has 3 aromatic rings. The molecular weight excluding hydrogens is 246 g/mol. The summed E-state index contributed by atoms with van der Waals surface area (Å²) in [5, 5.41) is 0. The first-order valence-corrected chi connectivity index (χ1v) is 5.71. The highest BCUT2D eigenvalue weighted by atomic mass is 16.4. The van der Waals surface area contributed by atoms with Crippen molar-refractivity contribution in [3.63, 3.8) is 0 Å². The quantitative estimate of drug-likeness (QED) is 0.649. The van der Waals surface area contributed by atoms with Gasteiger partial charge in [-0.2, -0.15) is 0 Å². The van der Waals surface area contributed by atoms with Gasteiger partial charge in [0.25, 0.3) is 5.56 Å². The highest BCUT2D eigenvalue weighted by molar-refractivity contribution is 5.71. The summed E-state index contributed by atoms with van der Waals surface area (Å²) in [5.41, 5.74) is 0.209. The number of aryl methyl sites for hydroxylation is 1. The summed E-state index contributed by atoms with van der Waals surface area (Å²) in [6, 6.07) is 9.23. The monoisotopic (exact) mass is 257 g/mol. The number of rotatable bonds is 1. The largest absolute Gasteiger partial charge is 0.419 e. The zero-order valence-corrected chi connectivity index (χ0v) is 10.5. The van der Waals surface area contributed by atoms with Gasteiger partial charge in [0.05, 0.1) is 0 Å². The number of oxazole rings is 1. The third-order valence-electron chi connectivity index (χ3n) is 3.02. The van der Waals surface area contributed by atoms with E-state index in [-0.39, 0.29) is 11.2 Å². The maximum Gasteiger partial charge on any atom is 0.333 e. The third-order valence-corrected chi connectivity index (χ3v) is 3.02. The van der Waals surface area contributed by atoms with E-state index in [1.807, 2.05) is 30.3 Å². The molecule has 0 aliphatic carbocycles. The van der Waals surface area contributed by atoms with Gasteiger partial charge in [-0.25, -0.2) is 9.78 Å². The van der Waals surface area contributed by atoms with Crippen molar-refractivity contribution in [3.05, 3.63) is 51.2 Å². The lowest BCUT2D eigenvalue weighted by Crippen LogP contribution is -2.36. The molecule has 2 heterocycles. The fourth-order valence-corrected chi connectivity index (χ4v) is 1.94. The van der Waals surface area contributed by atoms with Crippen LogP contribution in [-0.4, -0.2) is 14.1 Å². The molecule has 0 saturated carbocycles. The number of nitrogens with zero attached hydrogens (tertiary/aromatic N) is 3. The SMILES string of the molecule is Cn1c(=O)c2nc(-c3ccccc3)oc2n(C)c1=O. The molecule has 0 fully saturated rings. The van der Waals surface area contributed by atoms with Gasteiger partial charge in [0.2, 0.25) is 11.6 Å². The molecule has 0 bridgehead atoms. The van der Waals surface area contributed by atoms with Crippen LogP contribution >= 0.6 is 0 Å². The fraction of sp³-hybridized carbons (Fsp3) is 0.154. The zero-order valence-electron chi connectivity index (χ0n) is 10.5. The second-order valence-corrected chi connectivity index (χ2v) is 4.24. The minimum absolute atomic E-state index is 0.156. The average Bonchev–Trinajstić information content (AvgIpc) is 2.89. The molecular formula is C13H11N3O3. The van der Waals surface area contributed by atoms with Crippen molar-refractivity contribution in [1.82, 2.24) is 14.1 Å². The van der Waals surface area contributed by atoms with Crippen LogP contribution in [0.2, 0.25) is 0 Å². The minimum atomic E-state index is -0.455. The lowest BCUT2D eigenvalue weighted by atomic mass is 10.2. The van der Waals surface area contributed by atoms with Gasteiger partial charge in [-0.1, -0.05) is 18.2 Å². The second kappa shape index (κ2) is 3.94. The molecule has 6 heteroatoms. The van der Waals surface area contributed by atoms with Crippen LogP contribution < -0.4 is 11.2 Å². The first-order chi connectivity index (χ1) is 9.09. The maximum atomic E-state index is 12.0. The molecule has 6 nitrogen and oxygen atoms in total. The van der Waals surface area contributed by atoms with Crippen LogP contribution in [0.4, 0.5) is 0 Å². The predicted molar refractivity (Wildman–Crippen MR) is 69.9 cm³/mol. The van der Waals surface area contributed by atoms with Crippen molar-refractivity contribution in [2.24, 2.45) is 14.1 Å². The van der Waals surface area contributed by atoms with Gasteiger partial charge in [0.1, 0.15) is 0 Å². The molecule has 0 radical (unpaired) electrons. The van der Waals surface area contributed by atoms with Gasteiger partial charge in [-0.3, -0.25) is 13.9 Å². The average molecular weight is 257 g/mol. The summed E-state index contributed by atoms with van der Waals surface area (Å²) >= 11 is 0. The lowest BCUT2D eigenvalue weighted by Gasteiger charge is -1.99. The van der Waals surface area contributed by atoms with Crippen LogP contribution in [0.5, 0.6) is 0 Å². The Morgan fingerprint density at radius 1 is 1.05 bits per heavy atom. The van der Waals surface area contributed by atoms with Crippen molar-refractivity contribution >= 4 is 11.2 Å². The van der Waals surface area contributed by atoms with Crippen molar-refractivity contribution in [2.75, 3.05) is 0 Å². The van der Waals surface area contributed by atoms with Gasteiger partial charge in [-0.05, 0) is 12.1 Å². The highest BCUT2D eigenvalue weighted by Crippen LogP contribution is 2.20. The maximum absolute atomic E-state index is 12.0. The van der Waals surface area contributed by atoms with Gasteiger partial charge in [-0.15, -0.1) is 0 Å². The number of aromatic nitrogens is 3. The molecule has 0 aliphatic heterocycles. The zero-order chi connectivity index (χ0) is 13.6. The number of fused-ring (bicyclic) bond motifs is 1. The van der Waals surface area contributed by atoms with E-state index in [1.54, 1.807) is 7.05 Å². The Kier molecular flexibility index (Phi) is 2.38. The number of benzene rings is 1. The molecule has 19 heavy (non-hydrogen) atoms. The summed E-state index contributed by atoms with van der Waals surface area (Å²) < 4.78 is 7.83. The fourth-order valence-electron chi connectivity index (χ4n) is 1.94. The summed E-state index contributed by atoms with van der Waals surface area (Å²) in [5.74, 6) is 0.328.